The van der Waals surface area contributed by atoms with Gasteiger partial charge in [0.05, 0.1) is 5.56 Å². The fourth-order valence-electron chi connectivity index (χ4n) is 1.11. The Bertz CT molecular complexity index is 304. The molecule has 0 saturated heterocycles. The van der Waals surface area contributed by atoms with E-state index in [1.807, 2.05) is 12.1 Å². The van der Waals surface area contributed by atoms with Gasteiger partial charge in [0.15, 0.2) is 0 Å². The highest BCUT2D eigenvalue weighted by atomic mass is 16.4. The molecule has 0 aliphatic carbocycles. The van der Waals surface area contributed by atoms with Crippen LogP contribution in [-0.2, 0) is 10.5 Å². The quantitative estimate of drug-likeness (QED) is 0.649. The minimum atomic E-state index is -1.12. The number of benzene rings is 1. The fraction of sp³-hybridized carbons (Fsp3) is 0.364. The summed E-state index contributed by atoms with van der Waals surface area (Å²) < 4.78 is 0. The van der Waals surface area contributed by atoms with E-state index in [4.69, 9.17) is 0 Å². The molecule has 2 nitrogen and oxygen atoms in total. The Hall–Kier alpha value is -1.31. The molecule has 0 aromatic heterocycles. The molecule has 0 heterocycles. The smallest absolute Gasteiger partial charge is 0.242 e. The lowest BCUT2D eigenvalue weighted by Gasteiger charge is -2.18. The first-order chi connectivity index (χ1) is 5.91. The molecule has 0 amide bonds. The van der Waals surface area contributed by atoms with Gasteiger partial charge in [-0.1, -0.05) is 32.9 Å². The molecule has 1 radical (unpaired) electrons. The zero-order valence-electron chi connectivity index (χ0n) is 8.13. The molecule has 0 aliphatic heterocycles. The highest BCUT2D eigenvalue weighted by Gasteiger charge is 2.14. The first-order valence-corrected chi connectivity index (χ1v) is 4.23. The van der Waals surface area contributed by atoms with Gasteiger partial charge in [-0.25, -0.2) is 9.90 Å². The zero-order valence-corrected chi connectivity index (χ0v) is 8.13. The van der Waals surface area contributed by atoms with Gasteiger partial charge < -0.3 is 0 Å². The highest BCUT2D eigenvalue weighted by Crippen LogP contribution is 2.21. The van der Waals surface area contributed by atoms with Crippen molar-refractivity contribution in [3.8, 4) is 0 Å². The number of carbonyl (C=O) groups is 1. The lowest BCUT2D eigenvalue weighted by molar-refractivity contribution is 0.0573. The number of hydrogen-bond acceptors (Lipinski definition) is 1. The van der Waals surface area contributed by atoms with Gasteiger partial charge in [-0.15, -0.1) is 0 Å². The van der Waals surface area contributed by atoms with Gasteiger partial charge in [-0.05, 0) is 23.1 Å². The van der Waals surface area contributed by atoms with E-state index in [1.54, 1.807) is 12.1 Å². The monoisotopic (exact) mass is 177 g/mol. The van der Waals surface area contributed by atoms with Crippen molar-refractivity contribution in [1.82, 2.24) is 0 Å². The van der Waals surface area contributed by atoms with Crippen molar-refractivity contribution in [2.45, 2.75) is 26.2 Å². The summed E-state index contributed by atoms with van der Waals surface area (Å²) in [7, 11) is 0. The summed E-state index contributed by atoms with van der Waals surface area (Å²) in [5, 5.41) is 10.5. The maximum absolute atomic E-state index is 10.5. The Morgan fingerprint density at radius 1 is 1.08 bits per heavy atom. The van der Waals surface area contributed by atoms with Crippen LogP contribution in [0, 0.1) is 0 Å². The topological polar surface area (TPSA) is 37.0 Å². The lowest BCUT2D eigenvalue weighted by Crippen LogP contribution is -2.11. The van der Waals surface area contributed by atoms with Gasteiger partial charge in [0.25, 0.3) is 0 Å². The number of hydrogen-bond donors (Lipinski definition) is 0. The molecule has 0 atom stereocenters. The van der Waals surface area contributed by atoms with Crippen molar-refractivity contribution >= 4 is 5.97 Å². The molecule has 0 fully saturated rings. The van der Waals surface area contributed by atoms with Gasteiger partial charge in [-0.3, -0.25) is 0 Å². The van der Waals surface area contributed by atoms with Crippen LogP contribution < -0.4 is 0 Å². The van der Waals surface area contributed by atoms with E-state index in [0.29, 0.717) is 0 Å². The van der Waals surface area contributed by atoms with E-state index in [-0.39, 0.29) is 11.0 Å². The Morgan fingerprint density at radius 2 is 1.54 bits per heavy atom. The summed E-state index contributed by atoms with van der Waals surface area (Å²) in [5.41, 5.74) is 1.41. The van der Waals surface area contributed by atoms with Gasteiger partial charge in [0.1, 0.15) is 0 Å². The average molecular weight is 177 g/mol. The summed E-state index contributed by atoms with van der Waals surface area (Å²) in [6.45, 7) is 6.25. The summed E-state index contributed by atoms with van der Waals surface area (Å²) in [6.07, 6.45) is 0. The summed E-state index contributed by atoms with van der Waals surface area (Å²) in [5.74, 6) is -1.12. The number of carbonyl (C=O) groups excluding carboxylic acids is 1. The Kier molecular flexibility index (Phi) is 2.41. The first-order valence-electron chi connectivity index (χ1n) is 4.23. The third-order valence-electron chi connectivity index (χ3n) is 1.99. The van der Waals surface area contributed by atoms with Crippen LogP contribution in [-0.4, -0.2) is 5.97 Å². The molecule has 0 spiro atoms. The second-order valence-corrected chi connectivity index (χ2v) is 4.11. The molecule has 1 aromatic carbocycles. The van der Waals surface area contributed by atoms with Crippen LogP contribution in [0.3, 0.4) is 0 Å². The van der Waals surface area contributed by atoms with E-state index >= 15 is 0 Å². The van der Waals surface area contributed by atoms with Crippen molar-refractivity contribution in [2.24, 2.45) is 0 Å². The predicted octanol–water partition coefficient (Wildman–Crippen LogP) is 2.55. The second-order valence-electron chi connectivity index (χ2n) is 4.11. The molecule has 0 aliphatic rings. The predicted molar refractivity (Wildman–Crippen MR) is 50.2 cm³/mol. The third kappa shape index (κ3) is 2.31. The molecular weight excluding hydrogens is 164 g/mol. The van der Waals surface area contributed by atoms with Crippen LogP contribution >= 0.6 is 0 Å². The molecule has 0 N–H and O–H groups in total. The second kappa shape index (κ2) is 3.21. The van der Waals surface area contributed by atoms with Gasteiger partial charge in [0, 0.05) is 0 Å². The minimum absolute atomic E-state index is 0.0600. The summed E-state index contributed by atoms with van der Waals surface area (Å²) in [6, 6.07) is 6.81. The Morgan fingerprint density at radius 3 is 1.85 bits per heavy atom. The molecule has 0 unspecified atom stereocenters. The maximum Gasteiger partial charge on any atom is 0.386 e. The Balaban J connectivity index is 3.01. The van der Waals surface area contributed by atoms with Gasteiger partial charge in [0.2, 0.25) is 0 Å². The largest absolute Gasteiger partial charge is 0.386 e. The van der Waals surface area contributed by atoms with Crippen molar-refractivity contribution in [3.05, 3.63) is 35.4 Å². The van der Waals surface area contributed by atoms with Crippen molar-refractivity contribution in [3.63, 3.8) is 0 Å². The molecule has 13 heavy (non-hydrogen) atoms. The van der Waals surface area contributed by atoms with E-state index < -0.39 is 5.97 Å². The summed E-state index contributed by atoms with van der Waals surface area (Å²) >= 11 is 0. The van der Waals surface area contributed by atoms with E-state index in [9.17, 15) is 9.90 Å². The molecule has 0 saturated carbocycles. The standard InChI is InChI=1S/C11H13O2/c1-11(2,3)9-6-4-8(5-7-9)10(12)13/h4-7H,1-3H3. The van der Waals surface area contributed by atoms with Crippen LogP contribution in [0.1, 0.15) is 36.7 Å². The van der Waals surface area contributed by atoms with Gasteiger partial charge in [-0.2, -0.15) is 0 Å². The van der Waals surface area contributed by atoms with Gasteiger partial charge >= 0.3 is 5.97 Å². The number of rotatable bonds is 1. The molecule has 69 valence electrons. The van der Waals surface area contributed by atoms with E-state index in [0.717, 1.165) is 5.56 Å². The van der Waals surface area contributed by atoms with Crippen LogP contribution in [0.25, 0.3) is 0 Å². The minimum Gasteiger partial charge on any atom is -0.242 e. The normalized spacial score (nSPS) is 11.3. The van der Waals surface area contributed by atoms with Crippen LogP contribution in [0.15, 0.2) is 24.3 Å². The fourth-order valence-corrected chi connectivity index (χ4v) is 1.11. The maximum atomic E-state index is 10.5. The highest BCUT2D eigenvalue weighted by molar-refractivity contribution is 5.87. The average Bonchev–Trinajstić information content (AvgIpc) is 2.03. The molecule has 1 aromatic rings. The lowest BCUT2D eigenvalue weighted by atomic mass is 9.87. The molecule has 2 heteroatoms. The third-order valence-corrected chi connectivity index (χ3v) is 1.99. The van der Waals surface area contributed by atoms with E-state index in [2.05, 4.69) is 20.8 Å². The van der Waals surface area contributed by atoms with Crippen molar-refractivity contribution in [1.29, 1.82) is 0 Å². The molecular formula is C11H13O2. The zero-order chi connectivity index (χ0) is 10.1. The van der Waals surface area contributed by atoms with Crippen LogP contribution in [0.2, 0.25) is 0 Å². The first kappa shape index (κ1) is 9.78. The SMILES string of the molecule is CC(C)(C)c1ccc(C([O])=O)cc1. The van der Waals surface area contributed by atoms with Crippen LogP contribution in [0.5, 0.6) is 0 Å². The molecule has 1 rings (SSSR count). The van der Waals surface area contributed by atoms with Crippen LogP contribution in [0.4, 0.5) is 0 Å². The van der Waals surface area contributed by atoms with Crippen molar-refractivity contribution < 1.29 is 9.90 Å². The van der Waals surface area contributed by atoms with E-state index in [1.165, 1.54) is 0 Å². The Labute approximate surface area is 78.2 Å². The summed E-state index contributed by atoms with van der Waals surface area (Å²) in [4.78, 5) is 10.5. The molecule has 0 bridgehead atoms. The van der Waals surface area contributed by atoms with Crippen molar-refractivity contribution in [2.75, 3.05) is 0 Å².